The van der Waals surface area contributed by atoms with Crippen molar-refractivity contribution in [2.24, 2.45) is 5.92 Å². The first kappa shape index (κ1) is 25.9. The standard InChI is InChI=1S/C31H28F2N6OS/c32-22-6-2-5-20(13-22)25-12-19(7-8-26(25)40)9-10-35-29-27-30(38-28(37-29)21-14-23(33)16-34-15-21)39-24(11-18-3-1-4-18)17-41-31(39)36-27/h2,5-8,12-16,18,24,40H,1,3-4,9-11,17H2,(H,35,37,38)/t24-/m1/s1. The molecular weight excluding hydrogens is 542 g/mol. The summed E-state index contributed by atoms with van der Waals surface area (Å²) >= 11 is 1.75. The molecule has 0 radical (unpaired) electrons. The monoisotopic (exact) mass is 570 g/mol. The normalized spacial score (nSPS) is 16.6. The third-order valence-electron chi connectivity index (χ3n) is 7.97. The van der Waals surface area contributed by atoms with Gasteiger partial charge in [0.1, 0.15) is 17.4 Å². The van der Waals surface area contributed by atoms with Crippen LogP contribution in [-0.4, -0.2) is 41.9 Å². The van der Waals surface area contributed by atoms with E-state index in [9.17, 15) is 13.9 Å². The molecule has 7 nitrogen and oxygen atoms in total. The van der Waals surface area contributed by atoms with E-state index in [4.69, 9.17) is 15.0 Å². The van der Waals surface area contributed by atoms with Crippen molar-refractivity contribution < 1.29 is 13.9 Å². The highest BCUT2D eigenvalue weighted by Gasteiger charge is 2.32. The lowest BCUT2D eigenvalue weighted by Gasteiger charge is -2.28. The van der Waals surface area contributed by atoms with Crippen molar-refractivity contribution in [1.29, 1.82) is 0 Å². The van der Waals surface area contributed by atoms with E-state index in [2.05, 4.69) is 14.9 Å². The summed E-state index contributed by atoms with van der Waals surface area (Å²) in [5, 5.41) is 14.8. The van der Waals surface area contributed by atoms with E-state index in [0.29, 0.717) is 52.9 Å². The summed E-state index contributed by atoms with van der Waals surface area (Å²) in [6.07, 6.45) is 8.34. The van der Waals surface area contributed by atoms with Gasteiger partial charge in [-0.3, -0.25) is 9.55 Å². The first-order valence-corrected chi connectivity index (χ1v) is 14.9. The number of benzene rings is 2. The van der Waals surface area contributed by atoms with E-state index < -0.39 is 5.82 Å². The number of rotatable bonds is 8. The van der Waals surface area contributed by atoms with Gasteiger partial charge in [-0.15, -0.1) is 0 Å². The van der Waals surface area contributed by atoms with Crippen molar-refractivity contribution in [3.05, 3.63) is 78.1 Å². The van der Waals surface area contributed by atoms with Gasteiger partial charge in [-0.2, -0.15) is 0 Å². The quantitative estimate of drug-likeness (QED) is 0.207. The van der Waals surface area contributed by atoms with E-state index in [0.717, 1.165) is 34.5 Å². The van der Waals surface area contributed by atoms with E-state index in [1.807, 2.05) is 12.1 Å². The van der Waals surface area contributed by atoms with Crippen LogP contribution in [0.1, 0.15) is 37.3 Å². The number of halogens is 2. The van der Waals surface area contributed by atoms with Crippen LogP contribution in [0.2, 0.25) is 0 Å². The van der Waals surface area contributed by atoms with Crippen molar-refractivity contribution >= 4 is 28.7 Å². The number of anilines is 1. The van der Waals surface area contributed by atoms with Crippen LogP contribution in [0.4, 0.5) is 14.6 Å². The summed E-state index contributed by atoms with van der Waals surface area (Å²) in [5.74, 6) is 2.01. The fourth-order valence-corrected chi connectivity index (χ4v) is 6.81. The van der Waals surface area contributed by atoms with Crippen LogP contribution in [0, 0.1) is 17.6 Å². The lowest BCUT2D eigenvalue weighted by molar-refractivity contribution is 0.259. The molecule has 7 rings (SSSR count). The number of imidazole rings is 1. The van der Waals surface area contributed by atoms with Crippen molar-refractivity contribution in [2.45, 2.75) is 43.3 Å². The Morgan fingerprint density at radius 3 is 2.66 bits per heavy atom. The second kappa shape index (κ2) is 10.7. The third kappa shape index (κ3) is 5.12. The molecule has 4 heterocycles. The van der Waals surface area contributed by atoms with Crippen LogP contribution in [0.3, 0.4) is 0 Å². The summed E-state index contributed by atoms with van der Waals surface area (Å²) in [7, 11) is 0. The Hall–Kier alpha value is -4.05. The van der Waals surface area contributed by atoms with Gasteiger partial charge in [0.2, 0.25) is 0 Å². The summed E-state index contributed by atoms with van der Waals surface area (Å²) in [4.78, 5) is 18.6. The molecule has 0 bridgehead atoms. The minimum Gasteiger partial charge on any atom is -0.507 e. The number of phenols is 1. The molecule has 5 aromatic rings. The fourth-order valence-electron chi connectivity index (χ4n) is 5.65. The highest BCUT2D eigenvalue weighted by atomic mass is 32.2. The molecule has 2 aliphatic rings. The van der Waals surface area contributed by atoms with Crippen LogP contribution < -0.4 is 5.32 Å². The Morgan fingerprint density at radius 1 is 0.976 bits per heavy atom. The van der Waals surface area contributed by atoms with Crippen LogP contribution >= 0.6 is 11.8 Å². The first-order valence-electron chi connectivity index (χ1n) is 13.9. The lowest BCUT2D eigenvalue weighted by atomic mass is 9.81. The Labute approximate surface area is 240 Å². The van der Waals surface area contributed by atoms with E-state index in [1.54, 1.807) is 36.2 Å². The van der Waals surface area contributed by atoms with Gasteiger partial charge in [-0.1, -0.05) is 49.2 Å². The highest BCUT2D eigenvalue weighted by Crippen LogP contribution is 2.44. The minimum absolute atomic E-state index is 0.0969. The second-order valence-electron chi connectivity index (χ2n) is 10.8. The number of pyridine rings is 1. The molecule has 1 aliphatic carbocycles. The van der Waals surface area contributed by atoms with E-state index in [1.165, 1.54) is 43.7 Å². The zero-order chi connectivity index (χ0) is 27.9. The largest absolute Gasteiger partial charge is 0.507 e. The Morgan fingerprint density at radius 2 is 1.85 bits per heavy atom. The maximum atomic E-state index is 14.1. The summed E-state index contributed by atoms with van der Waals surface area (Å²) in [6.45, 7) is 0.529. The lowest BCUT2D eigenvalue weighted by Crippen LogP contribution is -2.18. The molecule has 1 saturated carbocycles. The molecule has 3 aromatic heterocycles. The first-order chi connectivity index (χ1) is 20.0. The predicted molar refractivity (Wildman–Crippen MR) is 156 cm³/mol. The van der Waals surface area contributed by atoms with Crippen molar-refractivity contribution in [3.63, 3.8) is 0 Å². The number of nitrogens with zero attached hydrogens (tertiary/aromatic N) is 5. The van der Waals surface area contributed by atoms with Gasteiger partial charge in [-0.25, -0.2) is 23.7 Å². The molecule has 41 heavy (non-hydrogen) atoms. The third-order valence-corrected chi connectivity index (χ3v) is 9.07. The SMILES string of the molecule is Oc1ccc(CCNc2nc(-c3cncc(F)c3)nc3c2nc2n3[C@H](CC3CCC3)CS2)cc1-c1cccc(F)c1. The summed E-state index contributed by atoms with van der Waals surface area (Å²) in [6, 6.07) is 13.3. The van der Waals surface area contributed by atoms with Crippen molar-refractivity contribution in [2.75, 3.05) is 17.6 Å². The maximum Gasteiger partial charge on any atom is 0.170 e. The number of aromatic nitrogens is 5. The van der Waals surface area contributed by atoms with E-state index in [-0.39, 0.29) is 11.6 Å². The number of fused-ring (bicyclic) bond motifs is 3. The smallest absolute Gasteiger partial charge is 0.170 e. The topological polar surface area (TPSA) is 88.8 Å². The molecule has 0 spiro atoms. The highest BCUT2D eigenvalue weighted by molar-refractivity contribution is 7.99. The second-order valence-corrected chi connectivity index (χ2v) is 11.7. The molecule has 0 amide bonds. The predicted octanol–water partition coefficient (Wildman–Crippen LogP) is 7.03. The summed E-state index contributed by atoms with van der Waals surface area (Å²) < 4.78 is 30.1. The maximum absolute atomic E-state index is 14.1. The molecule has 1 atom stereocenters. The van der Waals surface area contributed by atoms with Gasteiger partial charge in [-0.05, 0) is 60.2 Å². The number of thioether (sulfide) groups is 1. The van der Waals surface area contributed by atoms with Gasteiger partial charge in [0.25, 0.3) is 0 Å². The van der Waals surface area contributed by atoms with Gasteiger partial charge >= 0.3 is 0 Å². The number of aromatic hydroxyl groups is 1. The molecule has 208 valence electrons. The molecule has 10 heteroatoms. The van der Waals surface area contributed by atoms with Gasteiger partial charge < -0.3 is 10.4 Å². The van der Waals surface area contributed by atoms with Crippen LogP contribution in [-0.2, 0) is 6.42 Å². The molecular formula is C31H28F2N6OS. The molecule has 2 N–H and O–H groups in total. The Balaban J connectivity index is 1.20. The van der Waals surface area contributed by atoms with Crippen LogP contribution in [0.15, 0.2) is 66.1 Å². The Kier molecular flexibility index (Phi) is 6.78. The summed E-state index contributed by atoms with van der Waals surface area (Å²) in [5.41, 5.74) is 4.12. The molecule has 1 fully saturated rings. The minimum atomic E-state index is -0.445. The van der Waals surface area contributed by atoms with Gasteiger partial charge in [0, 0.05) is 35.7 Å². The molecule has 0 unspecified atom stereocenters. The number of hydrogen-bond donors (Lipinski definition) is 2. The zero-order valence-electron chi connectivity index (χ0n) is 22.2. The van der Waals surface area contributed by atoms with Crippen molar-refractivity contribution in [1.82, 2.24) is 24.5 Å². The van der Waals surface area contributed by atoms with Crippen LogP contribution in [0.25, 0.3) is 33.7 Å². The average Bonchev–Trinajstić information content (AvgIpc) is 3.51. The van der Waals surface area contributed by atoms with Crippen molar-refractivity contribution in [3.8, 4) is 28.3 Å². The zero-order valence-corrected chi connectivity index (χ0v) is 23.0. The molecule has 0 saturated heterocycles. The average molecular weight is 571 g/mol. The number of nitrogens with one attached hydrogen (secondary N) is 1. The number of hydrogen-bond acceptors (Lipinski definition) is 7. The number of phenolic OH excluding ortho intramolecular Hbond substituents is 1. The molecule has 1 aliphatic heterocycles. The van der Waals surface area contributed by atoms with E-state index >= 15 is 0 Å². The van der Waals surface area contributed by atoms with Crippen LogP contribution in [0.5, 0.6) is 5.75 Å². The van der Waals surface area contributed by atoms with Gasteiger partial charge in [0.15, 0.2) is 28.0 Å². The Bertz CT molecular complexity index is 1750. The fraction of sp³-hybridized carbons (Fsp3) is 0.290. The van der Waals surface area contributed by atoms with Gasteiger partial charge in [0.05, 0.1) is 6.20 Å². The molecule has 2 aromatic carbocycles.